The van der Waals surface area contributed by atoms with E-state index in [1.54, 1.807) is 0 Å². The molecule has 2 atom stereocenters. The molecule has 0 aromatic heterocycles. The lowest BCUT2D eigenvalue weighted by Gasteiger charge is -2.26. The first-order chi connectivity index (χ1) is 5.38. The lowest BCUT2D eigenvalue weighted by Crippen LogP contribution is -2.14. The summed E-state index contributed by atoms with van der Waals surface area (Å²) in [5, 5.41) is 0. The normalized spacial score (nSPS) is 30.7. The molecule has 0 nitrogen and oxygen atoms in total. The Morgan fingerprint density at radius 1 is 1.36 bits per heavy atom. The van der Waals surface area contributed by atoms with Crippen LogP contribution in [0.4, 0.5) is 0 Å². The molecule has 2 unspecified atom stereocenters. The Balaban J connectivity index is 2.43. The third kappa shape index (κ3) is 2.36. The lowest BCUT2D eigenvalue weighted by molar-refractivity contribution is 0.327. The van der Waals surface area contributed by atoms with Crippen LogP contribution in [0.1, 0.15) is 46.0 Å². The van der Waals surface area contributed by atoms with Crippen LogP contribution in [0.3, 0.4) is 0 Å². The average Bonchev–Trinajstić information content (AvgIpc) is 2.06. The van der Waals surface area contributed by atoms with Crippen LogP contribution < -0.4 is 0 Å². The highest BCUT2D eigenvalue weighted by Gasteiger charge is 2.18. The first-order valence-corrected chi connectivity index (χ1v) is 5.05. The second-order valence-corrected chi connectivity index (χ2v) is 3.63. The van der Waals surface area contributed by atoms with Crippen molar-refractivity contribution in [1.29, 1.82) is 0 Å². The van der Waals surface area contributed by atoms with E-state index >= 15 is 0 Å². The molecule has 0 aromatic carbocycles. The molecule has 0 radical (unpaired) electrons. The van der Waals surface area contributed by atoms with Gasteiger partial charge in [-0.3, -0.25) is 0 Å². The predicted octanol–water partition coefficient (Wildman–Crippen LogP) is 3.78. The molecule has 0 heterocycles. The SMILES string of the molecule is CCCC1C=CCCC1CC. The molecule has 64 valence electrons. The fourth-order valence-electron chi connectivity index (χ4n) is 2.12. The Morgan fingerprint density at radius 2 is 2.18 bits per heavy atom. The summed E-state index contributed by atoms with van der Waals surface area (Å²) < 4.78 is 0. The fraction of sp³-hybridized carbons (Fsp3) is 0.818. The van der Waals surface area contributed by atoms with Gasteiger partial charge < -0.3 is 0 Å². The molecule has 0 saturated carbocycles. The van der Waals surface area contributed by atoms with Crippen molar-refractivity contribution >= 4 is 0 Å². The monoisotopic (exact) mass is 152 g/mol. The first-order valence-electron chi connectivity index (χ1n) is 5.05. The second kappa shape index (κ2) is 4.58. The Labute approximate surface area is 70.7 Å². The van der Waals surface area contributed by atoms with Gasteiger partial charge in [0.2, 0.25) is 0 Å². The molecule has 0 fully saturated rings. The van der Waals surface area contributed by atoms with E-state index in [4.69, 9.17) is 0 Å². The highest BCUT2D eigenvalue weighted by atomic mass is 14.2. The summed E-state index contributed by atoms with van der Waals surface area (Å²) in [5.74, 6) is 1.89. The van der Waals surface area contributed by atoms with Crippen molar-refractivity contribution in [1.82, 2.24) is 0 Å². The van der Waals surface area contributed by atoms with E-state index in [1.807, 2.05) is 0 Å². The zero-order valence-corrected chi connectivity index (χ0v) is 7.84. The Kier molecular flexibility index (Phi) is 3.68. The summed E-state index contributed by atoms with van der Waals surface area (Å²) in [4.78, 5) is 0. The summed E-state index contributed by atoms with van der Waals surface area (Å²) >= 11 is 0. The zero-order valence-electron chi connectivity index (χ0n) is 7.84. The summed E-state index contributed by atoms with van der Waals surface area (Å²) in [7, 11) is 0. The molecule has 1 aliphatic carbocycles. The van der Waals surface area contributed by atoms with E-state index in [-0.39, 0.29) is 0 Å². The van der Waals surface area contributed by atoms with E-state index in [9.17, 15) is 0 Å². The van der Waals surface area contributed by atoms with Gasteiger partial charge in [-0.2, -0.15) is 0 Å². The highest BCUT2D eigenvalue weighted by Crippen LogP contribution is 2.30. The highest BCUT2D eigenvalue weighted by molar-refractivity contribution is 4.96. The van der Waals surface area contributed by atoms with Crippen molar-refractivity contribution < 1.29 is 0 Å². The van der Waals surface area contributed by atoms with E-state index in [1.165, 1.54) is 32.1 Å². The van der Waals surface area contributed by atoms with Crippen molar-refractivity contribution in [2.75, 3.05) is 0 Å². The average molecular weight is 152 g/mol. The summed E-state index contributed by atoms with van der Waals surface area (Å²) in [6.07, 6.45) is 11.7. The summed E-state index contributed by atoms with van der Waals surface area (Å²) in [5.41, 5.74) is 0. The third-order valence-electron chi connectivity index (χ3n) is 2.84. The van der Waals surface area contributed by atoms with Crippen LogP contribution >= 0.6 is 0 Å². The van der Waals surface area contributed by atoms with Gasteiger partial charge in [-0.1, -0.05) is 38.8 Å². The van der Waals surface area contributed by atoms with Crippen LogP contribution in [0.2, 0.25) is 0 Å². The maximum absolute atomic E-state index is 2.45. The smallest absolute Gasteiger partial charge is 0.0205 e. The zero-order chi connectivity index (χ0) is 8.10. The maximum atomic E-state index is 2.45. The number of rotatable bonds is 3. The van der Waals surface area contributed by atoms with Crippen LogP contribution in [0.25, 0.3) is 0 Å². The molecule has 0 amide bonds. The maximum Gasteiger partial charge on any atom is -0.0205 e. The topological polar surface area (TPSA) is 0 Å². The van der Waals surface area contributed by atoms with Crippen LogP contribution in [0.15, 0.2) is 12.2 Å². The van der Waals surface area contributed by atoms with Gasteiger partial charge in [-0.25, -0.2) is 0 Å². The Morgan fingerprint density at radius 3 is 2.82 bits per heavy atom. The minimum absolute atomic E-state index is 0.902. The van der Waals surface area contributed by atoms with Crippen LogP contribution in [-0.4, -0.2) is 0 Å². The van der Waals surface area contributed by atoms with Crippen LogP contribution in [0, 0.1) is 11.8 Å². The number of hydrogen-bond donors (Lipinski definition) is 0. The molecule has 1 rings (SSSR count). The van der Waals surface area contributed by atoms with Crippen molar-refractivity contribution in [3.8, 4) is 0 Å². The quantitative estimate of drug-likeness (QED) is 0.540. The van der Waals surface area contributed by atoms with Gasteiger partial charge in [-0.15, -0.1) is 0 Å². The van der Waals surface area contributed by atoms with Crippen LogP contribution in [-0.2, 0) is 0 Å². The van der Waals surface area contributed by atoms with Gasteiger partial charge >= 0.3 is 0 Å². The summed E-state index contributed by atoms with van der Waals surface area (Å²) in [6, 6.07) is 0. The number of allylic oxidation sites excluding steroid dienone is 2. The van der Waals surface area contributed by atoms with Gasteiger partial charge in [0, 0.05) is 0 Å². The molecule has 11 heavy (non-hydrogen) atoms. The van der Waals surface area contributed by atoms with Crippen molar-refractivity contribution in [3.05, 3.63) is 12.2 Å². The van der Waals surface area contributed by atoms with Crippen molar-refractivity contribution in [2.45, 2.75) is 46.0 Å². The molecule has 0 aromatic rings. The molecule has 0 N–H and O–H groups in total. The Bertz CT molecular complexity index is 124. The molecular weight excluding hydrogens is 132 g/mol. The van der Waals surface area contributed by atoms with E-state index < -0.39 is 0 Å². The molecule has 0 spiro atoms. The van der Waals surface area contributed by atoms with Gasteiger partial charge in [0.25, 0.3) is 0 Å². The van der Waals surface area contributed by atoms with Crippen molar-refractivity contribution in [2.24, 2.45) is 11.8 Å². The minimum atomic E-state index is 0.902. The lowest BCUT2D eigenvalue weighted by atomic mass is 9.80. The molecule has 1 aliphatic rings. The van der Waals surface area contributed by atoms with Gasteiger partial charge in [0.15, 0.2) is 0 Å². The van der Waals surface area contributed by atoms with Gasteiger partial charge in [0.05, 0.1) is 0 Å². The Hall–Kier alpha value is -0.260. The predicted molar refractivity (Wildman–Crippen MR) is 50.6 cm³/mol. The minimum Gasteiger partial charge on any atom is -0.0882 e. The largest absolute Gasteiger partial charge is 0.0882 e. The fourth-order valence-corrected chi connectivity index (χ4v) is 2.12. The van der Waals surface area contributed by atoms with E-state index in [0.29, 0.717) is 0 Å². The standard InChI is InChI=1S/C11H20/c1-3-7-11-9-6-5-8-10(11)4-2/h6,9-11H,3-5,7-8H2,1-2H3. The van der Waals surface area contributed by atoms with E-state index in [2.05, 4.69) is 26.0 Å². The molecule has 0 bridgehead atoms. The van der Waals surface area contributed by atoms with Gasteiger partial charge in [0.1, 0.15) is 0 Å². The van der Waals surface area contributed by atoms with E-state index in [0.717, 1.165) is 11.8 Å². The molecule has 0 aliphatic heterocycles. The molecule has 0 saturated heterocycles. The molecular formula is C11H20. The summed E-state index contributed by atoms with van der Waals surface area (Å²) in [6.45, 7) is 4.61. The van der Waals surface area contributed by atoms with Crippen LogP contribution in [0.5, 0.6) is 0 Å². The first kappa shape index (κ1) is 8.83. The molecule has 0 heteroatoms. The second-order valence-electron chi connectivity index (χ2n) is 3.63. The van der Waals surface area contributed by atoms with Crippen molar-refractivity contribution in [3.63, 3.8) is 0 Å². The number of hydrogen-bond acceptors (Lipinski definition) is 0. The third-order valence-corrected chi connectivity index (χ3v) is 2.84. The van der Waals surface area contributed by atoms with Gasteiger partial charge in [-0.05, 0) is 31.1 Å².